The molecule has 2 heterocycles. The zero-order valence-electron chi connectivity index (χ0n) is 15.9. The van der Waals surface area contributed by atoms with Crippen molar-refractivity contribution in [1.29, 1.82) is 5.26 Å². The molecular weight excluding hydrogens is 388 g/mol. The molecule has 146 valence electrons. The van der Waals surface area contributed by atoms with Crippen LogP contribution in [0.25, 0.3) is 5.69 Å². The minimum Gasteiger partial charge on any atom is -0.493 e. The first-order valence-electron chi connectivity index (χ1n) is 9.15. The van der Waals surface area contributed by atoms with E-state index in [-0.39, 0.29) is 5.56 Å². The van der Waals surface area contributed by atoms with Crippen LogP contribution in [0.3, 0.4) is 0 Å². The minimum absolute atomic E-state index is 0.136. The van der Waals surface area contributed by atoms with Gasteiger partial charge in [-0.25, -0.2) is 14.4 Å². The first-order chi connectivity index (χ1) is 13.9. The van der Waals surface area contributed by atoms with Crippen LogP contribution in [0.15, 0.2) is 32.8 Å². The van der Waals surface area contributed by atoms with Gasteiger partial charge in [-0.3, -0.25) is 9.78 Å². The third-order valence-corrected chi connectivity index (χ3v) is 6.25. The van der Waals surface area contributed by atoms with Gasteiger partial charge < -0.3 is 5.11 Å². The molecule has 7 nitrogen and oxygen atoms in total. The number of nitrogens with zero attached hydrogens (tertiary/aromatic N) is 3. The smallest absolute Gasteiger partial charge is 0.335 e. The van der Waals surface area contributed by atoms with E-state index in [0.717, 1.165) is 45.4 Å². The van der Waals surface area contributed by atoms with Gasteiger partial charge in [0, 0.05) is 11.1 Å². The Balaban J connectivity index is 1.85. The summed E-state index contributed by atoms with van der Waals surface area (Å²) in [5.74, 6) is -0.487. The Labute approximate surface area is 170 Å². The van der Waals surface area contributed by atoms with Gasteiger partial charge in [-0.15, -0.1) is 11.3 Å². The molecule has 3 aromatic rings. The number of hydrogen-bond acceptors (Lipinski definition) is 6. The molecule has 0 fully saturated rings. The summed E-state index contributed by atoms with van der Waals surface area (Å²) in [5.41, 5.74) is 2.11. The molecule has 0 atom stereocenters. The van der Waals surface area contributed by atoms with Crippen LogP contribution in [0.1, 0.15) is 39.1 Å². The Morgan fingerprint density at radius 3 is 2.86 bits per heavy atom. The largest absolute Gasteiger partial charge is 0.493 e. The summed E-state index contributed by atoms with van der Waals surface area (Å²) in [6.07, 6.45) is 4.03. The predicted octanol–water partition coefficient (Wildman–Crippen LogP) is 3.02. The zero-order chi connectivity index (χ0) is 20.7. The number of benzene rings is 1. The van der Waals surface area contributed by atoms with Crippen molar-refractivity contribution in [3.8, 4) is 17.6 Å². The number of aromatic hydroxyl groups is 1. The highest BCUT2D eigenvalue weighted by Crippen LogP contribution is 2.40. The van der Waals surface area contributed by atoms with Crippen LogP contribution in [0.5, 0.6) is 5.88 Å². The number of aryl methyl sites for hydroxylation is 3. The van der Waals surface area contributed by atoms with E-state index in [9.17, 15) is 20.0 Å². The third kappa shape index (κ3) is 3.19. The standard InChI is InChI=1S/C21H18N4O3S/c1-11-6-7-12(2)16(8-11)25-20(27)15(18(26)24-21(25)28)10-23-19-14(9-22)13-4-3-5-17(13)29-19/h6-8,10,27H,3-5H2,1-2H3,(H,24,26,28). The molecule has 2 N–H and O–H groups in total. The number of hydrogen-bond donors (Lipinski definition) is 2. The highest BCUT2D eigenvalue weighted by molar-refractivity contribution is 7.16. The van der Waals surface area contributed by atoms with Crippen LogP contribution in [0, 0.1) is 25.2 Å². The van der Waals surface area contributed by atoms with E-state index in [1.165, 1.54) is 17.6 Å². The Hall–Kier alpha value is -3.44. The molecule has 0 unspecified atom stereocenters. The maximum Gasteiger partial charge on any atom is 0.335 e. The number of rotatable bonds is 3. The van der Waals surface area contributed by atoms with Gasteiger partial charge in [-0.05, 0) is 55.9 Å². The fourth-order valence-corrected chi connectivity index (χ4v) is 4.74. The van der Waals surface area contributed by atoms with Crippen LogP contribution in [-0.4, -0.2) is 20.9 Å². The normalized spacial score (nSPS) is 13.0. The molecule has 0 bridgehead atoms. The summed E-state index contributed by atoms with van der Waals surface area (Å²) >= 11 is 1.43. The van der Waals surface area contributed by atoms with Gasteiger partial charge in [-0.1, -0.05) is 12.1 Å². The molecule has 1 aliphatic rings. The zero-order valence-corrected chi connectivity index (χ0v) is 16.8. The average Bonchev–Trinajstić information content (AvgIpc) is 3.24. The van der Waals surface area contributed by atoms with E-state index in [4.69, 9.17) is 0 Å². The van der Waals surface area contributed by atoms with E-state index < -0.39 is 17.1 Å². The molecule has 0 aliphatic heterocycles. The number of nitriles is 1. The fourth-order valence-electron chi connectivity index (χ4n) is 3.56. The van der Waals surface area contributed by atoms with Crippen molar-refractivity contribution in [2.45, 2.75) is 33.1 Å². The second kappa shape index (κ2) is 7.18. The maximum absolute atomic E-state index is 12.4. The van der Waals surface area contributed by atoms with Crippen molar-refractivity contribution in [3.05, 3.63) is 71.7 Å². The topological polar surface area (TPSA) is 111 Å². The van der Waals surface area contributed by atoms with E-state index in [1.807, 2.05) is 26.0 Å². The quantitative estimate of drug-likeness (QED) is 0.651. The predicted molar refractivity (Wildman–Crippen MR) is 112 cm³/mol. The molecule has 0 radical (unpaired) electrons. The van der Waals surface area contributed by atoms with Crippen molar-refractivity contribution in [1.82, 2.24) is 9.55 Å². The molecule has 1 aromatic carbocycles. The van der Waals surface area contributed by atoms with Crippen molar-refractivity contribution < 1.29 is 5.11 Å². The van der Waals surface area contributed by atoms with Crippen LogP contribution < -0.4 is 11.2 Å². The SMILES string of the molecule is Cc1ccc(C)c(-n2c(O)c(C=Nc3sc4c(c3C#N)CCC4)c(=O)[nH]c2=O)c1. The van der Waals surface area contributed by atoms with Gasteiger partial charge >= 0.3 is 5.69 Å². The third-order valence-electron chi connectivity index (χ3n) is 5.05. The molecule has 1 aliphatic carbocycles. The Morgan fingerprint density at radius 1 is 1.31 bits per heavy atom. The van der Waals surface area contributed by atoms with Crippen molar-refractivity contribution >= 4 is 22.6 Å². The van der Waals surface area contributed by atoms with Gasteiger partial charge in [0.05, 0.1) is 11.3 Å². The number of aromatic amines is 1. The van der Waals surface area contributed by atoms with Crippen molar-refractivity contribution in [2.24, 2.45) is 4.99 Å². The van der Waals surface area contributed by atoms with Gasteiger partial charge in [0.1, 0.15) is 16.6 Å². The van der Waals surface area contributed by atoms with Gasteiger partial charge in [0.2, 0.25) is 5.88 Å². The fraction of sp³-hybridized carbons (Fsp3) is 0.238. The van der Waals surface area contributed by atoms with E-state index in [1.54, 1.807) is 6.07 Å². The summed E-state index contributed by atoms with van der Waals surface area (Å²) in [6.45, 7) is 3.68. The molecule has 29 heavy (non-hydrogen) atoms. The summed E-state index contributed by atoms with van der Waals surface area (Å²) in [5, 5.41) is 20.7. The first-order valence-corrected chi connectivity index (χ1v) is 9.97. The molecular formula is C21H18N4O3S. The molecule has 0 saturated heterocycles. The summed E-state index contributed by atoms with van der Waals surface area (Å²) in [7, 11) is 0. The van der Waals surface area contributed by atoms with Gasteiger partial charge in [0.15, 0.2) is 0 Å². The number of aliphatic imine (C=N–C) groups is 1. The van der Waals surface area contributed by atoms with Crippen LogP contribution in [-0.2, 0) is 12.8 Å². The molecule has 8 heteroatoms. The first kappa shape index (κ1) is 18.9. The minimum atomic E-state index is -0.736. The Morgan fingerprint density at radius 2 is 2.10 bits per heavy atom. The number of nitrogens with one attached hydrogen (secondary N) is 1. The lowest BCUT2D eigenvalue weighted by atomic mass is 10.1. The molecule has 2 aromatic heterocycles. The number of H-pyrrole nitrogens is 1. The number of aromatic nitrogens is 2. The average molecular weight is 406 g/mol. The second-order valence-corrected chi connectivity index (χ2v) is 8.11. The molecule has 4 rings (SSSR count). The highest BCUT2D eigenvalue weighted by Gasteiger charge is 2.22. The van der Waals surface area contributed by atoms with E-state index >= 15 is 0 Å². The number of thiophene rings is 1. The lowest BCUT2D eigenvalue weighted by molar-refractivity contribution is 0.430. The molecule has 0 amide bonds. The Kier molecular flexibility index (Phi) is 4.68. The van der Waals surface area contributed by atoms with Crippen LogP contribution >= 0.6 is 11.3 Å². The molecule has 0 saturated carbocycles. The summed E-state index contributed by atoms with van der Waals surface area (Å²) in [6, 6.07) is 7.68. The summed E-state index contributed by atoms with van der Waals surface area (Å²) < 4.78 is 1.06. The van der Waals surface area contributed by atoms with E-state index in [0.29, 0.717) is 16.3 Å². The van der Waals surface area contributed by atoms with Crippen molar-refractivity contribution in [3.63, 3.8) is 0 Å². The Bertz CT molecular complexity index is 1320. The lowest BCUT2D eigenvalue weighted by Crippen LogP contribution is -2.31. The highest BCUT2D eigenvalue weighted by atomic mass is 32.1. The van der Waals surface area contributed by atoms with E-state index in [2.05, 4.69) is 16.0 Å². The lowest BCUT2D eigenvalue weighted by Gasteiger charge is -2.12. The van der Waals surface area contributed by atoms with Crippen molar-refractivity contribution in [2.75, 3.05) is 0 Å². The maximum atomic E-state index is 12.4. The second-order valence-electron chi connectivity index (χ2n) is 7.03. The van der Waals surface area contributed by atoms with Crippen LogP contribution in [0.2, 0.25) is 0 Å². The number of fused-ring (bicyclic) bond motifs is 1. The van der Waals surface area contributed by atoms with Crippen LogP contribution in [0.4, 0.5) is 5.00 Å². The summed E-state index contributed by atoms with van der Waals surface area (Å²) in [4.78, 5) is 32.4. The van der Waals surface area contributed by atoms with Gasteiger partial charge in [0.25, 0.3) is 5.56 Å². The molecule has 0 spiro atoms. The van der Waals surface area contributed by atoms with Gasteiger partial charge in [-0.2, -0.15) is 5.26 Å². The monoisotopic (exact) mass is 406 g/mol.